The molecule has 7 nitrogen and oxygen atoms in total. The lowest BCUT2D eigenvalue weighted by Crippen LogP contribution is -2.08. The molecule has 0 spiro atoms. The third kappa shape index (κ3) is 6.25. The normalized spacial score (nSPS) is 10.6. The van der Waals surface area contributed by atoms with Crippen molar-refractivity contribution in [3.05, 3.63) is 59.8 Å². The fourth-order valence-corrected chi connectivity index (χ4v) is 3.16. The first-order chi connectivity index (χ1) is 15.1. The van der Waals surface area contributed by atoms with Crippen molar-refractivity contribution in [1.29, 1.82) is 0 Å². The van der Waals surface area contributed by atoms with Gasteiger partial charge in [-0.15, -0.1) is 0 Å². The van der Waals surface area contributed by atoms with Gasteiger partial charge in [-0.3, -0.25) is 9.89 Å². The zero-order valence-electron chi connectivity index (χ0n) is 17.9. The van der Waals surface area contributed by atoms with Crippen molar-refractivity contribution in [3.63, 3.8) is 0 Å². The number of H-pyrrole nitrogens is 1. The van der Waals surface area contributed by atoms with Crippen LogP contribution in [0.3, 0.4) is 0 Å². The van der Waals surface area contributed by atoms with Gasteiger partial charge in [-0.25, -0.2) is 0 Å². The molecule has 2 N–H and O–H groups in total. The second kappa shape index (κ2) is 11.1. The van der Waals surface area contributed by atoms with Crippen LogP contribution in [0.2, 0.25) is 0 Å². The maximum atomic E-state index is 11.5. The van der Waals surface area contributed by atoms with Crippen LogP contribution in [-0.4, -0.2) is 41.1 Å². The maximum Gasteiger partial charge on any atom is 0.310 e. The van der Waals surface area contributed by atoms with Gasteiger partial charge in [-0.1, -0.05) is 19.1 Å². The van der Waals surface area contributed by atoms with Crippen molar-refractivity contribution in [2.75, 3.05) is 19.8 Å². The number of hydrogen-bond acceptors (Lipinski definition) is 6. The molecule has 0 amide bonds. The molecule has 2 aromatic carbocycles. The Kier molecular flexibility index (Phi) is 7.92. The van der Waals surface area contributed by atoms with Gasteiger partial charge < -0.3 is 19.3 Å². The predicted molar refractivity (Wildman–Crippen MR) is 117 cm³/mol. The smallest absolute Gasteiger partial charge is 0.310 e. The van der Waals surface area contributed by atoms with Crippen LogP contribution in [-0.2, 0) is 22.4 Å². The van der Waals surface area contributed by atoms with Gasteiger partial charge in [-0.2, -0.15) is 5.10 Å². The molecule has 1 aromatic heterocycles. The summed E-state index contributed by atoms with van der Waals surface area (Å²) in [5.74, 6) is 1.33. The Balaban J connectivity index is 1.46. The van der Waals surface area contributed by atoms with Crippen LogP contribution in [0.25, 0.3) is 11.3 Å². The lowest BCUT2D eigenvalue weighted by molar-refractivity contribution is -0.142. The minimum atomic E-state index is -0.233. The second-order valence-electron chi connectivity index (χ2n) is 6.98. The minimum absolute atomic E-state index is 0.149. The predicted octanol–water partition coefficient (Wildman–Crippen LogP) is 4.30. The van der Waals surface area contributed by atoms with E-state index in [4.69, 9.17) is 14.2 Å². The number of carbonyl (C=O) groups excluding carboxylic acids is 1. The number of benzene rings is 2. The Morgan fingerprint density at radius 2 is 1.84 bits per heavy atom. The van der Waals surface area contributed by atoms with E-state index in [1.165, 1.54) is 0 Å². The van der Waals surface area contributed by atoms with Gasteiger partial charge in [0.1, 0.15) is 17.2 Å². The number of phenolic OH excluding ortho intramolecular Hbond substituents is 1. The fourth-order valence-electron chi connectivity index (χ4n) is 3.16. The highest BCUT2D eigenvalue weighted by atomic mass is 16.5. The summed E-state index contributed by atoms with van der Waals surface area (Å²) in [4.78, 5) is 11.5. The zero-order chi connectivity index (χ0) is 22.1. The Bertz CT molecular complexity index is 968. The lowest BCUT2D eigenvalue weighted by Gasteiger charge is -2.14. The van der Waals surface area contributed by atoms with Gasteiger partial charge in [0.25, 0.3) is 0 Å². The first-order valence-corrected chi connectivity index (χ1v) is 10.5. The topological polar surface area (TPSA) is 93.7 Å². The van der Waals surface area contributed by atoms with Crippen molar-refractivity contribution < 1.29 is 24.1 Å². The van der Waals surface area contributed by atoms with E-state index in [0.717, 1.165) is 29.0 Å². The Morgan fingerprint density at radius 3 is 2.52 bits per heavy atom. The summed E-state index contributed by atoms with van der Waals surface area (Å²) in [5.41, 5.74) is 3.37. The van der Waals surface area contributed by atoms with Crippen LogP contribution in [0.15, 0.2) is 48.7 Å². The van der Waals surface area contributed by atoms with E-state index in [9.17, 15) is 9.90 Å². The molecule has 0 aliphatic rings. The number of aromatic nitrogens is 2. The van der Waals surface area contributed by atoms with E-state index in [1.807, 2.05) is 43.3 Å². The second-order valence-corrected chi connectivity index (χ2v) is 6.98. The number of aromatic hydroxyl groups is 1. The van der Waals surface area contributed by atoms with Crippen molar-refractivity contribution in [3.8, 4) is 28.5 Å². The lowest BCUT2D eigenvalue weighted by atomic mass is 10.0. The summed E-state index contributed by atoms with van der Waals surface area (Å²) in [6, 6.07) is 12.8. The number of rotatable bonds is 11. The molecule has 3 rings (SSSR count). The van der Waals surface area contributed by atoms with E-state index in [2.05, 4.69) is 10.2 Å². The van der Waals surface area contributed by atoms with Crippen LogP contribution in [0.4, 0.5) is 0 Å². The molecule has 0 bridgehead atoms. The largest absolute Gasteiger partial charge is 0.507 e. The molecule has 31 heavy (non-hydrogen) atoms. The number of hydrogen-bond donors (Lipinski definition) is 2. The molecule has 7 heteroatoms. The first kappa shape index (κ1) is 22.2. The summed E-state index contributed by atoms with van der Waals surface area (Å²) in [7, 11) is 0. The van der Waals surface area contributed by atoms with Crippen LogP contribution in [0, 0.1) is 0 Å². The molecule has 3 aromatic rings. The molecule has 0 fully saturated rings. The Labute approximate surface area is 182 Å². The highest BCUT2D eigenvalue weighted by molar-refractivity contribution is 5.72. The molecule has 0 aliphatic carbocycles. The average molecular weight is 424 g/mol. The number of nitrogens with zero attached hydrogens (tertiary/aromatic N) is 1. The summed E-state index contributed by atoms with van der Waals surface area (Å²) in [5, 5.41) is 17.2. The number of ether oxygens (including phenoxy) is 3. The van der Waals surface area contributed by atoms with Gasteiger partial charge in [0.15, 0.2) is 0 Å². The minimum Gasteiger partial charge on any atom is -0.507 e. The number of phenols is 1. The van der Waals surface area contributed by atoms with E-state index in [1.54, 1.807) is 19.2 Å². The third-order valence-electron chi connectivity index (χ3n) is 4.74. The van der Waals surface area contributed by atoms with Crippen LogP contribution in [0.1, 0.15) is 31.4 Å². The number of aryl methyl sites for hydroxylation is 1. The van der Waals surface area contributed by atoms with Crippen LogP contribution in [0.5, 0.6) is 17.2 Å². The Morgan fingerprint density at radius 1 is 1.06 bits per heavy atom. The molecule has 0 unspecified atom stereocenters. The molecule has 0 saturated heterocycles. The van der Waals surface area contributed by atoms with Crippen molar-refractivity contribution in [1.82, 2.24) is 10.2 Å². The van der Waals surface area contributed by atoms with E-state index in [-0.39, 0.29) is 18.1 Å². The highest BCUT2D eigenvalue weighted by Crippen LogP contribution is 2.34. The fraction of sp³-hybridized carbons (Fsp3) is 0.333. The van der Waals surface area contributed by atoms with Gasteiger partial charge in [0.2, 0.25) is 0 Å². The van der Waals surface area contributed by atoms with Gasteiger partial charge in [-0.05, 0) is 48.7 Å². The van der Waals surface area contributed by atoms with Crippen molar-refractivity contribution >= 4 is 5.97 Å². The number of esters is 1. The van der Waals surface area contributed by atoms with Crippen LogP contribution >= 0.6 is 0 Å². The summed E-state index contributed by atoms with van der Waals surface area (Å²) in [6.07, 6.45) is 3.38. The summed E-state index contributed by atoms with van der Waals surface area (Å²) in [6.45, 7) is 5.19. The Hall–Kier alpha value is -3.48. The monoisotopic (exact) mass is 424 g/mol. The molecule has 0 saturated carbocycles. The maximum absolute atomic E-state index is 11.5. The van der Waals surface area contributed by atoms with Crippen molar-refractivity contribution in [2.24, 2.45) is 0 Å². The SMILES string of the molecule is CCOC(=O)Cc1ccc(OCCCOc2cc(O)c(-c3ccn[nH]3)cc2CC)cc1. The van der Waals surface area contributed by atoms with Crippen LogP contribution < -0.4 is 9.47 Å². The molecular weight excluding hydrogens is 396 g/mol. The zero-order valence-corrected chi connectivity index (χ0v) is 17.9. The molecule has 1 heterocycles. The molecule has 164 valence electrons. The first-order valence-electron chi connectivity index (χ1n) is 10.5. The number of aromatic amines is 1. The highest BCUT2D eigenvalue weighted by Gasteiger charge is 2.12. The standard InChI is InChI=1S/C24H28N2O5/c1-3-18-15-20(21-10-11-25-26-21)22(27)16-23(18)31-13-5-12-30-19-8-6-17(7-9-19)14-24(28)29-4-2/h6-11,15-16,27H,3-5,12-14H2,1-2H3,(H,25,26). The average Bonchev–Trinajstić information content (AvgIpc) is 3.29. The van der Waals surface area contributed by atoms with E-state index < -0.39 is 0 Å². The summed E-state index contributed by atoms with van der Waals surface area (Å²) >= 11 is 0. The molecule has 0 radical (unpaired) electrons. The van der Waals surface area contributed by atoms with Crippen molar-refractivity contribution in [2.45, 2.75) is 33.1 Å². The molecule has 0 aliphatic heterocycles. The van der Waals surface area contributed by atoms with E-state index in [0.29, 0.717) is 37.6 Å². The summed E-state index contributed by atoms with van der Waals surface area (Å²) < 4.78 is 16.6. The van der Waals surface area contributed by atoms with Gasteiger partial charge in [0, 0.05) is 24.2 Å². The number of carbonyl (C=O) groups is 1. The number of nitrogens with one attached hydrogen (secondary N) is 1. The van der Waals surface area contributed by atoms with Gasteiger partial charge in [0.05, 0.1) is 31.9 Å². The van der Waals surface area contributed by atoms with Gasteiger partial charge >= 0.3 is 5.97 Å². The molecular formula is C24H28N2O5. The molecule has 0 atom stereocenters. The quantitative estimate of drug-likeness (QED) is 0.352. The third-order valence-corrected chi connectivity index (χ3v) is 4.74. The van der Waals surface area contributed by atoms with E-state index >= 15 is 0 Å².